The molecule has 0 saturated heterocycles. The number of para-hydroxylation sites is 3. The largest absolute Gasteiger partial charge is 0.456 e. The first kappa shape index (κ1) is 16.1. The van der Waals surface area contributed by atoms with Gasteiger partial charge in [-0.05, 0) is 58.6 Å². The number of furan rings is 1. The Morgan fingerprint density at radius 2 is 0.912 bits per heavy atom. The number of rotatable bonds is 5. The molecule has 266 valence electrons. The molecule has 12 aromatic rings. The van der Waals surface area contributed by atoms with E-state index < -0.39 is 212 Å². The van der Waals surface area contributed by atoms with Gasteiger partial charge in [-0.1, -0.05) is 151 Å². The summed E-state index contributed by atoms with van der Waals surface area (Å²) in [7, 11) is 0. The fourth-order valence-corrected chi connectivity index (χ4v) is 7.06. The zero-order valence-electron chi connectivity index (χ0n) is 52.7. The van der Waals surface area contributed by atoms with Crippen LogP contribution in [0.3, 0.4) is 0 Å². The van der Waals surface area contributed by atoms with Gasteiger partial charge in [-0.15, -0.1) is 0 Å². The molecule has 57 heavy (non-hydrogen) atoms. The predicted octanol–water partition coefficient (Wildman–Crippen LogP) is 13.0. The minimum absolute atomic E-state index is 0.147. The van der Waals surface area contributed by atoms with Crippen LogP contribution in [0.25, 0.3) is 111 Å². The van der Waals surface area contributed by atoms with Crippen LogP contribution in [0.5, 0.6) is 0 Å². The first-order valence-electron chi connectivity index (χ1n) is 29.2. The molecule has 4 aromatic heterocycles. The molecule has 4 heterocycles. The van der Waals surface area contributed by atoms with Crippen LogP contribution in [-0.2, 0) is 0 Å². The monoisotopic (exact) mass is 753 g/mol. The van der Waals surface area contributed by atoms with Crippen molar-refractivity contribution < 1.29 is 37.3 Å². The average molecular weight is 754 g/mol. The molecule has 0 bridgehead atoms. The fraction of sp³-hybridized carbons (Fsp3) is 0. The lowest BCUT2D eigenvalue weighted by Gasteiger charge is -2.13. The lowest BCUT2D eigenvalue weighted by molar-refractivity contribution is 0.669. The summed E-state index contributed by atoms with van der Waals surface area (Å²) in [5, 5.41) is -0.963. The van der Waals surface area contributed by atoms with Crippen LogP contribution in [-0.4, -0.2) is 24.1 Å². The maximum atomic E-state index is 10.1. The van der Waals surface area contributed by atoms with Gasteiger partial charge in [0.2, 0.25) is 11.9 Å². The number of hydrogen-bond acceptors (Lipinski definition) is 4. The Bertz CT molecular complexity index is 4670. The molecule has 0 amide bonds. The summed E-state index contributed by atoms with van der Waals surface area (Å²) < 4.78 is 225. The minimum Gasteiger partial charge on any atom is -0.456 e. The quantitative estimate of drug-likeness (QED) is 0.176. The first-order chi connectivity index (χ1) is 38.3. The lowest BCUT2D eigenvalue weighted by atomic mass is 10.0. The van der Waals surface area contributed by atoms with Crippen molar-refractivity contribution in [1.29, 1.82) is 0 Å². The number of fused-ring (bicyclic) bond motifs is 9. The molecule has 0 aliphatic heterocycles. The van der Waals surface area contributed by atoms with E-state index in [-0.39, 0.29) is 27.7 Å². The second-order valence-corrected chi connectivity index (χ2v) is 12.6. The van der Waals surface area contributed by atoms with Crippen LogP contribution in [0, 0.1) is 0 Å². The van der Waals surface area contributed by atoms with Crippen molar-refractivity contribution in [3.8, 4) is 45.5 Å². The summed E-state index contributed by atoms with van der Waals surface area (Å²) in [5.41, 5.74) is -4.24. The molecule has 0 saturated carbocycles. The van der Waals surface area contributed by atoms with Gasteiger partial charge in [-0.2, -0.15) is 15.0 Å². The van der Waals surface area contributed by atoms with Crippen molar-refractivity contribution in [2.75, 3.05) is 0 Å². The van der Waals surface area contributed by atoms with Gasteiger partial charge in [0.1, 0.15) is 11.2 Å². The van der Waals surface area contributed by atoms with Crippen molar-refractivity contribution in [1.82, 2.24) is 24.1 Å². The number of benzene rings is 8. The maximum absolute atomic E-state index is 10.1. The van der Waals surface area contributed by atoms with Crippen LogP contribution in [0.15, 0.2) is 192 Å². The van der Waals surface area contributed by atoms with Crippen molar-refractivity contribution in [2.24, 2.45) is 0 Å². The Kier molecular flexibility index (Phi) is 3.49. The maximum Gasteiger partial charge on any atom is 0.240 e. The highest BCUT2D eigenvalue weighted by Crippen LogP contribution is 2.40. The highest BCUT2D eigenvalue weighted by Gasteiger charge is 2.23. The number of nitrogens with zero attached hydrogens (tertiary/aromatic N) is 5. The van der Waals surface area contributed by atoms with Crippen molar-refractivity contribution in [2.45, 2.75) is 0 Å². The van der Waals surface area contributed by atoms with E-state index in [1.807, 2.05) is 0 Å². The summed E-state index contributed by atoms with van der Waals surface area (Å²) in [4.78, 5) is 14.6. The van der Waals surface area contributed by atoms with E-state index in [9.17, 15) is 11.0 Å². The van der Waals surface area contributed by atoms with Gasteiger partial charge >= 0.3 is 0 Å². The SMILES string of the molecule is [2H]c1c([2H])c([2H])c(-c2c([2H])c([2H])c3c4c([2H])c([2H])c(-c5c([2H])c([2H])c([2H])c([2H])c5[2H])c([2H])c4n(-c4nc(-c5cccc6oc7ccccc7c56)nc(-n5c6c([2H])c([2H])c([2H])c([2H])c6c6c([2H])c([2H])c([2H])c([2H])c65)n4)c3c2[2H])c([2H])c1[2H]. The van der Waals surface area contributed by atoms with Crippen molar-refractivity contribution in [3.63, 3.8) is 0 Å². The average Bonchev–Trinajstić information content (AvgIpc) is 2.73. The number of aromatic nitrogens is 5. The van der Waals surface area contributed by atoms with E-state index in [1.165, 1.54) is 0 Å². The summed E-state index contributed by atoms with van der Waals surface area (Å²) in [6.45, 7) is 0. The standard InChI is InChI=1S/C51H31N5O/c1-3-14-32(15-4-1)34-26-28-38-39-29-27-35(33-16-5-2-6-17-33)31-45(39)56(44(38)30-34)51-53-49(41-21-13-25-47-48(41)40-20-9-12-24-46(40)57-47)52-50(54-51)55-42-22-10-7-18-36(42)37-19-8-11-23-43(37)55/h1-31H/i1D,2D,3D,4D,5D,6D,7D,8D,10D,11D,14D,15D,16D,17D,18D,19D,22D,23D,26D,27D,28D,29D,30D,31D. The van der Waals surface area contributed by atoms with E-state index in [0.717, 1.165) is 9.13 Å². The summed E-state index contributed by atoms with van der Waals surface area (Å²) >= 11 is 0. The molecule has 0 aliphatic carbocycles. The Morgan fingerprint density at radius 1 is 0.404 bits per heavy atom. The Balaban J connectivity index is 1.37. The molecule has 0 spiro atoms. The second-order valence-electron chi connectivity index (χ2n) is 12.6. The highest BCUT2D eigenvalue weighted by atomic mass is 16.3. The first-order valence-corrected chi connectivity index (χ1v) is 17.2. The van der Waals surface area contributed by atoms with Crippen LogP contribution in [0.4, 0.5) is 0 Å². The molecule has 12 rings (SSSR count). The van der Waals surface area contributed by atoms with E-state index in [4.69, 9.17) is 41.3 Å². The molecule has 0 aliphatic rings. The molecular formula is C51H31N5O. The van der Waals surface area contributed by atoms with Gasteiger partial charge in [0.25, 0.3) is 0 Å². The van der Waals surface area contributed by atoms with Gasteiger partial charge in [-0.25, -0.2) is 0 Å². The smallest absolute Gasteiger partial charge is 0.240 e. The fourth-order valence-electron chi connectivity index (χ4n) is 7.06. The molecule has 0 unspecified atom stereocenters. The predicted molar refractivity (Wildman–Crippen MR) is 232 cm³/mol. The van der Waals surface area contributed by atoms with Gasteiger partial charge < -0.3 is 4.42 Å². The molecule has 6 nitrogen and oxygen atoms in total. The summed E-state index contributed by atoms with van der Waals surface area (Å²) in [6, 6.07) is -8.64. The third-order valence-electron chi connectivity index (χ3n) is 9.47. The van der Waals surface area contributed by atoms with Crippen LogP contribution in [0.2, 0.25) is 0 Å². The molecular weight excluding hydrogens is 699 g/mol. The van der Waals surface area contributed by atoms with Crippen LogP contribution < -0.4 is 0 Å². The van der Waals surface area contributed by atoms with Crippen LogP contribution >= 0.6 is 0 Å². The van der Waals surface area contributed by atoms with E-state index in [2.05, 4.69) is 0 Å². The lowest BCUT2D eigenvalue weighted by Crippen LogP contribution is -2.10. The Labute approximate surface area is 360 Å². The zero-order valence-corrected chi connectivity index (χ0v) is 28.7. The Morgan fingerprint density at radius 3 is 1.53 bits per heavy atom. The third-order valence-corrected chi connectivity index (χ3v) is 9.47. The Hall–Kier alpha value is -7.83. The van der Waals surface area contributed by atoms with Crippen molar-refractivity contribution in [3.05, 3.63) is 187 Å². The third kappa shape index (κ3) is 4.87. The van der Waals surface area contributed by atoms with E-state index >= 15 is 0 Å². The highest BCUT2D eigenvalue weighted by molar-refractivity contribution is 6.13. The molecule has 0 atom stereocenters. The number of hydrogen-bond donors (Lipinski definition) is 0. The topological polar surface area (TPSA) is 61.7 Å². The minimum atomic E-state index is -0.915. The van der Waals surface area contributed by atoms with Crippen molar-refractivity contribution >= 4 is 65.6 Å². The summed E-state index contributed by atoms with van der Waals surface area (Å²) in [5.74, 6) is -1.74. The van der Waals surface area contributed by atoms with Crippen LogP contribution in [0.1, 0.15) is 32.9 Å². The normalized spacial score (nSPS) is 17.8. The molecule has 0 radical (unpaired) electrons. The van der Waals surface area contributed by atoms with Gasteiger partial charge in [0.15, 0.2) is 5.82 Å². The second kappa shape index (κ2) is 12.3. The van der Waals surface area contributed by atoms with Gasteiger partial charge in [-0.3, -0.25) is 9.13 Å². The molecule has 0 fully saturated rings. The van der Waals surface area contributed by atoms with E-state index in [0.29, 0.717) is 16.4 Å². The molecule has 0 N–H and O–H groups in total. The van der Waals surface area contributed by atoms with Gasteiger partial charge in [0.05, 0.1) is 55.0 Å². The summed E-state index contributed by atoms with van der Waals surface area (Å²) in [6.07, 6.45) is 0. The molecule has 6 heteroatoms. The molecule has 8 aromatic carbocycles. The van der Waals surface area contributed by atoms with E-state index in [1.54, 1.807) is 42.5 Å². The van der Waals surface area contributed by atoms with Gasteiger partial charge in [0, 0.05) is 37.9 Å². The zero-order chi connectivity index (χ0) is 58.3.